The highest BCUT2D eigenvalue weighted by molar-refractivity contribution is 14.1. The van der Waals surface area contributed by atoms with Gasteiger partial charge in [-0.1, -0.05) is 30.8 Å². The van der Waals surface area contributed by atoms with E-state index < -0.39 is 5.97 Å². The molecule has 1 N–H and O–H groups in total. The van der Waals surface area contributed by atoms with Crippen molar-refractivity contribution in [3.63, 3.8) is 0 Å². The maximum Gasteiger partial charge on any atom is 0.334 e. The summed E-state index contributed by atoms with van der Waals surface area (Å²) >= 11 is 2.27. The first-order chi connectivity index (χ1) is 9.56. The molecule has 2 rings (SSSR count). The van der Waals surface area contributed by atoms with Gasteiger partial charge in [-0.15, -0.1) is 0 Å². The maximum absolute atomic E-state index is 10.6. The Bertz CT molecular complexity index is 615. The van der Waals surface area contributed by atoms with Crippen LogP contribution in [-0.4, -0.2) is 17.7 Å². The van der Waals surface area contributed by atoms with Crippen LogP contribution < -0.4 is 4.74 Å². The molecule has 0 unspecified atom stereocenters. The fourth-order valence-corrected chi connectivity index (χ4v) is 1.98. The van der Waals surface area contributed by atoms with Crippen molar-refractivity contribution >= 4 is 28.6 Å². The number of ether oxygens (including phenoxy) is 1. The Morgan fingerprint density at radius 3 is 2.05 bits per heavy atom. The second-order valence-corrected chi connectivity index (χ2v) is 5.47. The molecule has 2 aromatic carbocycles. The van der Waals surface area contributed by atoms with Crippen LogP contribution in [0.4, 0.5) is 0 Å². The first kappa shape index (κ1) is 14.6. The fraction of sp³-hybridized carbons (Fsp3) is 0.0625. The van der Waals surface area contributed by atoms with E-state index in [1.165, 1.54) is 3.57 Å². The molecule has 0 aliphatic heterocycles. The van der Waals surface area contributed by atoms with Gasteiger partial charge >= 0.3 is 5.97 Å². The van der Waals surface area contributed by atoms with Gasteiger partial charge in [-0.25, -0.2) is 4.79 Å². The van der Waals surface area contributed by atoms with Crippen molar-refractivity contribution in [1.29, 1.82) is 0 Å². The summed E-state index contributed by atoms with van der Waals surface area (Å²) in [7, 11) is 0. The van der Waals surface area contributed by atoms with Crippen LogP contribution in [0.25, 0.3) is 11.1 Å². The zero-order chi connectivity index (χ0) is 14.5. The van der Waals surface area contributed by atoms with E-state index in [0.29, 0.717) is 5.75 Å². The van der Waals surface area contributed by atoms with Crippen LogP contribution in [0.15, 0.2) is 60.7 Å². The van der Waals surface area contributed by atoms with Crippen molar-refractivity contribution in [3.8, 4) is 16.9 Å². The summed E-state index contributed by atoms with van der Waals surface area (Å²) in [6, 6.07) is 15.8. The third-order valence-electron chi connectivity index (χ3n) is 2.75. The number of carboxylic acids is 1. The lowest BCUT2D eigenvalue weighted by Gasteiger charge is -2.07. The second kappa shape index (κ2) is 6.56. The molecule has 0 spiro atoms. The van der Waals surface area contributed by atoms with Crippen molar-refractivity contribution in [2.75, 3.05) is 6.61 Å². The summed E-state index contributed by atoms with van der Waals surface area (Å²) in [6.07, 6.45) is 0. The summed E-state index contributed by atoms with van der Waals surface area (Å²) in [5, 5.41) is 8.70. The summed E-state index contributed by atoms with van der Waals surface area (Å²) < 4.78 is 6.55. The molecule has 3 nitrogen and oxygen atoms in total. The molecule has 0 fully saturated rings. The highest BCUT2D eigenvalue weighted by Crippen LogP contribution is 2.23. The second-order valence-electron chi connectivity index (χ2n) is 4.23. The zero-order valence-corrected chi connectivity index (χ0v) is 12.8. The minimum absolute atomic E-state index is 0.0157. The standard InChI is InChI=1S/C16H13IO3/c1-11(16(18)19)10-20-15-8-4-13(5-9-15)12-2-6-14(17)7-3-12/h2-9H,1,10H2,(H,18,19). The number of rotatable bonds is 5. The van der Waals surface area contributed by atoms with E-state index in [0.717, 1.165) is 11.1 Å². The third kappa shape index (κ3) is 3.84. The molecule has 0 aliphatic rings. The van der Waals surface area contributed by atoms with Crippen LogP contribution in [0.3, 0.4) is 0 Å². The predicted octanol–water partition coefficient (Wildman–Crippen LogP) is 3.98. The average Bonchev–Trinajstić information content (AvgIpc) is 2.46. The van der Waals surface area contributed by atoms with Gasteiger partial charge in [0.2, 0.25) is 0 Å². The van der Waals surface area contributed by atoms with Crippen molar-refractivity contribution < 1.29 is 14.6 Å². The average molecular weight is 380 g/mol. The molecule has 4 heteroatoms. The molecule has 0 aromatic heterocycles. The number of halogens is 1. The number of carbonyl (C=O) groups is 1. The van der Waals surface area contributed by atoms with Crippen molar-refractivity contribution in [3.05, 3.63) is 64.3 Å². The van der Waals surface area contributed by atoms with Gasteiger partial charge in [0, 0.05) is 3.57 Å². The van der Waals surface area contributed by atoms with E-state index >= 15 is 0 Å². The molecule has 102 valence electrons. The Kier molecular flexibility index (Phi) is 4.79. The SMILES string of the molecule is C=C(COc1ccc(-c2ccc(I)cc2)cc1)C(=O)O. The lowest BCUT2D eigenvalue weighted by molar-refractivity contribution is -0.133. The quantitative estimate of drug-likeness (QED) is 0.631. The van der Waals surface area contributed by atoms with E-state index in [4.69, 9.17) is 9.84 Å². The third-order valence-corrected chi connectivity index (χ3v) is 3.47. The molecule has 0 saturated heterocycles. The number of benzene rings is 2. The van der Waals surface area contributed by atoms with E-state index in [2.05, 4.69) is 53.4 Å². The maximum atomic E-state index is 10.6. The number of aliphatic carboxylic acids is 1. The van der Waals surface area contributed by atoms with Crippen LogP contribution in [0.1, 0.15) is 0 Å². The van der Waals surface area contributed by atoms with Gasteiger partial charge in [0.25, 0.3) is 0 Å². The largest absolute Gasteiger partial charge is 0.489 e. The highest BCUT2D eigenvalue weighted by Gasteiger charge is 2.05. The van der Waals surface area contributed by atoms with Crippen LogP contribution in [0.5, 0.6) is 5.75 Å². The summed E-state index contributed by atoms with van der Waals surface area (Å²) in [5.74, 6) is -0.415. The minimum Gasteiger partial charge on any atom is -0.489 e. The van der Waals surface area contributed by atoms with Crippen LogP contribution >= 0.6 is 22.6 Å². The first-order valence-electron chi connectivity index (χ1n) is 5.96. The van der Waals surface area contributed by atoms with E-state index in [-0.39, 0.29) is 12.2 Å². The Labute approximate surface area is 131 Å². The molecule has 0 saturated carbocycles. The van der Waals surface area contributed by atoms with E-state index in [9.17, 15) is 4.79 Å². The van der Waals surface area contributed by atoms with Crippen LogP contribution in [0.2, 0.25) is 0 Å². The Balaban J connectivity index is 2.04. The summed E-state index contributed by atoms with van der Waals surface area (Å²) in [4.78, 5) is 10.6. The van der Waals surface area contributed by atoms with Gasteiger partial charge in [-0.3, -0.25) is 0 Å². The Morgan fingerprint density at radius 1 is 1.05 bits per heavy atom. The smallest absolute Gasteiger partial charge is 0.334 e. The summed E-state index contributed by atoms with van der Waals surface area (Å²) in [6.45, 7) is 3.40. The minimum atomic E-state index is -1.04. The Morgan fingerprint density at radius 2 is 1.55 bits per heavy atom. The number of hydrogen-bond donors (Lipinski definition) is 1. The molecule has 0 aliphatic carbocycles. The van der Waals surface area contributed by atoms with Gasteiger partial charge in [-0.05, 0) is 58.0 Å². The number of carboxylic acid groups (broad SMARTS) is 1. The van der Waals surface area contributed by atoms with Gasteiger partial charge < -0.3 is 9.84 Å². The van der Waals surface area contributed by atoms with Gasteiger partial charge in [-0.2, -0.15) is 0 Å². The zero-order valence-electron chi connectivity index (χ0n) is 10.7. The molecule has 20 heavy (non-hydrogen) atoms. The molecule has 0 amide bonds. The normalized spacial score (nSPS) is 10.1. The lowest BCUT2D eigenvalue weighted by atomic mass is 10.1. The lowest BCUT2D eigenvalue weighted by Crippen LogP contribution is -2.08. The van der Waals surface area contributed by atoms with Crippen molar-refractivity contribution in [1.82, 2.24) is 0 Å². The predicted molar refractivity (Wildman–Crippen MR) is 86.9 cm³/mol. The fourth-order valence-electron chi connectivity index (χ4n) is 1.62. The molecular formula is C16H13IO3. The molecule has 0 heterocycles. The van der Waals surface area contributed by atoms with E-state index in [1.807, 2.05) is 24.3 Å². The molecule has 0 radical (unpaired) electrons. The van der Waals surface area contributed by atoms with Gasteiger partial charge in [0.15, 0.2) is 0 Å². The van der Waals surface area contributed by atoms with Crippen LogP contribution in [0, 0.1) is 3.57 Å². The summed E-state index contributed by atoms with van der Waals surface area (Å²) in [5.41, 5.74) is 2.25. The van der Waals surface area contributed by atoms with Crippen molar-refractivity contribution in [2.24, 2.45) is 0 Å². The van der Waals surface area contributed by atoms with E-state index in [1.54, 1.807) is 0 Å². The molecular weight excluding hydrogens is 367 g/mol. The van der Waals surface area contributed by atoms with Crippen molar-refractivity contribution in [2.45, 2.75) is 0 Å². The van der Waals surface area contributed by atoms with Crippen LogP contribution in [-0.2, 0) is 4.79 Å². The first-order valence-corrected chi connectivity index (χ1v) is 7.04. The van der Waals surface area contributed by atoms with Gasteiger partial charge in [0.05, 0.1) is 5.57 Å². The van der Waals surface area contributed by atoms with Gasteiger partial charge in [0.1, 0.15) is 12.4 Å². The number of hydrogen-bond acceptors (Lipinski definition) is 2. The highest BCUT2D eigenvalue weighted by atomic mass is 127. The Hall–Kier alpha value is -1.82. The molecule has 0 atom stereocenters. The molecule has 0 bridgehead atoms. The topological polar surface area (TPSA) is 46.5 Å². The monoisotopic (exact) mass is 380 g/mol. The molecule has 2 aromatic rings.